The quantitative estimate of drug-likeness (QED) is 0.531. The molecular weight excluding hydrogens is 502 g/mol. The summed E-state index contributed by atoms with van der Waals surface area (Å²) in [5.41, 5.74) is 3.03. The highest BCUT2D eigenvalue weighted by molar-refractivity contribution is 6.05. The number of carbonyl (C=O) groups excluding carboxylic acids is 2. The van der Waals surface area contributed by atoms with E-state index in [9.17, 15) is 9.59 Å². The number of hydrogen-bond donors (Lipinski definition) is 0. The molecule has 10 rings (SSSR count). The van der Waals surface area contributed by atoms with Gasteiger partial charge in [0.1, 0.15) is 18.4 Å². The zero-order valence-electron chi connectivity index (χ0n) is 23.0. The van der Waals surface area contributed by atoms with E-state index in [-0.39, 0.29) is 11.2 Å². The van der Waals surface area contributed by atoms with Crippen LogP contribution in [0.25, 0.3) is 0 Å². The predicted octanol–water partition coefficient (Wildman–Crippen LogP) is 2.74. The number of pyridine rings is 1. The maximum absolute atomic E-state index is 13.8. The number of Topliss-reactive ketones (excluding diaryl/α,β-unsaturated/α-hetero) is 1. The lowest BCUT2D eigenvalue weighted by Crippen LogP contribution is -3.11. The Labute approximate surface area is 234 Å². The number of amides is 1. The lowest BCUT2D eigenvalue weighted by atomic mass is 8.92. The monoisotopic (exact) mass is 537 g/mol. The minimum atomic E-state index is -0.00990. The van der Waals surface area contributed by atoms with E-state index in [4.69, 9.17) is 10.00 Å². The highest BCUT2D eigenvalue weighted by Crippen LogP contribution is 3.10. The van der Waals surface area contributed by atoms with Gasteiger partial charge in [-0.1, -0.05) is 6.42 Å². The normalized spacial score (nSPS) is 44.6. The topological polar surface area (TPSA) is 98.9 Å². The number of piperazine rings is 1. The molecule has 1 saturated heterocycles. The van der Waals surface area contributed by atoms with Crippen molar-refractivity contribution in [1.82, 2.24) is 9.88 Å². The molecule has 2 aliphatic heterocycles. The van der Waals surface area contributed by atoms with Crippen molar-refractivity contribution in [2.45, 2.75) is 26.2 Å². The molecule has 1 amide bonds. The lowest BCUT2D eigenvalue weighted by Gasteiger charge is -3.10. The number of allylic oxidation sites excluding steroid dienone is 1. The Hall–Kier alpha value is -3.05. The second-order valence-corrected chi connectivity index (χ2v) is 13.8. The minimum absolute atomic E-state index is 0.00990. The van der Waals surface area contributed by atoms with E-state index >= 15 is 0 Å². The summed E-state index contributed by atoms with van der Waals surface area (Å²) in [7, 11) is 0. The van der Waals surface area contributed by atoms with Gasteiger partial charge in [0.05, 0.1) is 17.6 Å². The van der Waals surface area contributed by atoms with E-state index < -0.39 is 0 Å². The molecule has 40 heavy (non-hydrogen) atoms. The first-order valence-corrected chi connectivity index (χ1v) is 15.3. The molecule has 7 aliphatic carbocycles. The Bertz CT molecular complexity index is 1380. The van der Waals surface area contributed by atoms with Crippen LogP contribution in [0, 0.1) is 69.5 Å². The van der Waals surface area contributed by atoms with Crippen LogP contribution in [0.1, 0.15) is 31.7 Å². The molecule has 7 saturated carbocycles. The van der Waals surface area contributed by atoms with Crippen molar-refractivity contribution >= 4 is 23.7 Å². The van der Waals surface area contributed by atoms with E-state index in [0.717, 1.165) is 80.5 Å². The number of nitriles is 1. The zero-order valence-corrected chi connectivity index (χ0v) is 23.0. The Morgan fingerprint density at radius 3 is 2.52 bits per heavy atom. The van der Waals surface area contributed by atoms with Gasteiger partial charge in [-0.25, -0.2) is 4.98 Å². The van der Waals surface area contributed by atoms with E-state index in [1.807, 2.05) is 25.3 Å². The van der Waals surface area contributed by atoms with Crippen LogP contribution in [0.5, 0.6) is 0 Å². The van der Waals surface area contributed by atoms with Crippen LogP contribution in [0.2, 0.25) is 0 Å². The first-order chi connectivity index (χ1) is 19.5. The average molecular weight is 538 g/mol. The van der Waals surface area contributed by atoms with Crippen molar-refractivity contribution < 1.29 is 14.3 Å². The van der Waals surface area contributed by atoms with Crippen molar-refractivity contribution in [3.05, 3.63) is 35.0 Å². The summed E-state index contributed by atoms with van der Waals surface area (Å²) in [5, 5.41) is 9.02. The van der Waals surface area contributed by atoms with Crippen LogP contribution < -0.4 is 4.90 Å². The van der Waals surface area contributed by atoms with Gasteiger partial charge >= 0.3 is 0 Å². The van der Waals surface area contributed by atoms with E-state index in [0.29, 0.717) is 53.0 Å². The molecule has 1 unspecified atom stereocenters. The molecule has 0 spiro atoms. The molecule has 1 aromatic rings. The van der Waals surface area contributed by atoms with Crippen molar-refractivity contribution in [2.75, 3.05) is 50.8 Å². The average Bonchev–Trinajstić information content (AvgIpc) is 3.46. The Morgan fingerprint density at radius 1 is 1.10 bits per heavy atom. The number of dihydropyridines is 1. The molecule has 0 N–H and O–H groups in total. The van der Waals surface area contributed by atoms with Crippen molar-refractivity contribution in [1.29, 1.82) is 5.26 Å². The predicted molar refractivity (Wildman–Crippen MR) is 146 cm³/mol. The third kappa shape index (κ3) is 2.46. The highest BCUT2D eigenvalue weighted by Gasteiger charge is 3.11. The summed E-state index contributed by atoms with van der Waals surface area (Å²) in [4.78, 5) is 39.2. The molecule has 206 valence electrons. The fourth-order valence-corrected chi connectivity index (χ4v) is 11.5. The highest BCUT2D eigenvalue weighted by atomic mass is 16.5. The minimum Gasteiger partial charge on any atom is -0.381 e. The molecule has 0 aromatic carbocycles. The standard InChI is InChI=1S/C32H35N5O3/c1-17-21(13-34-14-22(17)38)20-4-2-3-19(20)15-40-16-31-24-27-25(31)29-26(31)28(24)32(27,29)30(39)37-9-7-36(8-10-37)23-6-5-18(11-33)12-35-23/h5-6,12-13,19-20,24-29H,2-4,7-10,14-16H2,1H3/t19-,20?,24?,25?,26?,27?,28?,29?,31?,32?/m0/s1. The molecule has 0 bridgehead atoms. The van der Waals surface area contributed by atoms with Crippen LogP contribution in [-0.4, -0.2) is 73.7 Å². The second kappa shape index (κ2) is 7.82. The van der Waals surface area contributed by atoms with E-state index in [1.54, 1.807) is 6.20 Å². The van der Waals surface area contributed by atoms with Crippen LogP contribution in [0.15, 0.2) is 34.5 Å². The number of aromatic nitrogens is 1. The maximum Gasteiger partial charge on any atom is 0.229 e. The molecule has 3 heterocycles. The summed E-state index contributed by atoms with van der Waals surface area (Å²) in [6.45, 7) is 7.06. The van der Waals surface area contributed by atoms with Crippen molar-refractivity contribution in [3.8, 4) is 6.07 Å². The molecule has 1 aromatic heterocycles. The van der Waals surface area contributed by atoms with Gasteiger partial charge in [0.25, 0.3) is 0 Å². The van der Waals surface area contributed by atoms with E-state index in [2.05, 4.69) is 25.8 Å². The Morgan fingerprint density at radius 2 is 1.85 bits per heavy atom. The third-order valence-corrected chi connectivity index (χ3v) is 13.0. The summed E-state index contributed by atoms with van der Waals surface area (Å²) in [6, 6.07) is 5.84. The number of nitrogens with zero attached hydrogens (tertiary/aromatic N) is 5. The van der Waals surface area contributed by atoms with Gasteiger partial charge in [-0.15, -0.1) is 0 Å². The maximum atomic E-state index is 13.8. The molecule has 2 atom stereocenters. The first-order valence-electron chi connectivity index (χ1n) is 15.3. The number of rotatable bonds is 7. The smallest absolute Gasteiger partial charge is 0.229 e. The van der Waals surface area contributed by atoms with Crippen LogP contribution in [0.3, 0.4) is 0 Å². The number of hydrogen-bond acceptors (Lipinski definition) is 7. The molecule has 0 radical (unpaired) electrons. The largest absolute Gasteiger partial charge is 0.381 e. The summed E-state index contributed by atoms with van der Waals surface area (Å²) in [6.07, 6.45) is 7.09. The van der Waals surface area contributed by atoms with Gasteiger partial charge in [0.2, 0.25) is 5.91 Å². The molecule has 8 heteroatoms. The van der Waals surface area contributed by atoms with Crippen LogP contribution in [0.4, 0.5) is 5.82 Å². The van der Waals surface area contributed by atoms with E-state index in [1.165, 1.54) is 12.8 Å². The van der Waals surface area contributed by atoms with Crippen molar-refractivity contribution in [3.63, 3.8) is 0 Å². The lowest BCUT2D eigenvalue weighted by molar-refractivity contribution is -0.645. The fourth-order valence-electron chi connectivity index (χ4n) is 11.5. The number of carbonyl (C=O) groups is 2. The Balaban J connectivity index is 0.800. The van der Waals surface area contributed by atoms with Crippen LogP contribution in [-0.2, 0) is 14.3 Å². The van der Waals surface area contributed by atoms with Crippen molar-refractivity contribution in [2.24, 2.45) is 63.2 Å². The second-order valence-electron chi connectivity index (χ2n) is 13.8. The molecule has 9 aliphatic rings. The summed E-state index contributed by atoms with van der Waals surface area (Å²) >= 11 is 0. The van der Waals surface area contributed by atoms with Gasteiger partial charge in [-0.05, 0) is 90.4 Å². The van der Waals surface area contributed by atoms with Gasteiger partial charge in [0, 0.05) is 50.6 Å². The summed E-state index contributed by atoms with van der Waals surface area (Å²) in [5.74, 6) is 6.46. The van der Waals surface area contributed by atoms with Gasteiger partial charge < -0.3 is 14.5 Å². The number of anilines is 1. The van der Waals surface area contributed by atoms with Gasteiger partial charge in [0.15, 0.2) is 5.78 Å². The number of aliphatic imine (C=N–C) groups is 1. The number of ketones is 1. The summed E-state index contributed by atoms with van der Waals surface area (Å²) < 4.78 is 6.51. The fraction of sp³-hybridized carbons (Fsp3) is 0.656. The third-order valence-electron chi connectivity index (χ3n) is 13.0. The Kier molecular flexibility index (Phi) is 4.62. The van der Waals surface area contributed by atoms with Gasteiger partial charge in [-0.2, -0.15) is 5.26 Å². The van der Waals surface area contributed by atoms with Gasteiger partial charge in [-0.3, -0.25) is 14.6 Å². The van der Waals surface area contributed by atoms with Crippen LogP contribution >= 0.6 is 0 Å². The molecule has 8 nitrogen and oxygen atoms in total. The SMILES string of the molecule is CC1=C(C2CCC[C@H]2COCC23C4C5C2C2C3C4C52C(=O)N2CCN(c3ccc(C#N)cn3)CC2)C=NCC1=O. The molecule has 8 fully saturated rings. The molecular formula is C32H35N5O3. The number of ether oxygens (including phenoxy) is 1. The first kappa shape index (κ1) is 23.6. The zero-order chi connectivity index (χ0) is 27.0.